The van der Waals surface area contributed by atoms with Gasteiger partial charge in [-0.05, 0) is 30.3 Å². The van der Waals surface area contributed by atoms with Crippen molar-refractivity contribution in [3.05, 3.63) is 47.4 Å². The van der Waals surface area contributed by atoms with Crippen molar-refractivity contribution in [2.75, 3.05) is 11.1 Å². The second kappa shape index (κ2) is 4.37. The van der Waals surface area contributed by atoms with Gasteiger partial charge in [0.15, 0.2) is 5.82 Å². The van der Waals surface area contributed by atoms with Gasteiger partial charge in [0.1, 0.15) is 5.82 Å². The maximum Gasteiger partial charge on any atom is 0.153 e. The molecule has 0 bridgehead atoms. The van der Waals surface area contributed by atoms with Crippen molar-refractivity contribution < 1.29 is 4.39 Å². The van der Waals surface area contributed by atoms with Gasteiger partial charge in [0, 0.05) is 11.9 Å². The van der Waals surface area contributed by atoms with Crippen LogP contribution in [0.25, 0.3) is 0 Å². The molecule has 0 amide bonds. The summed E-state index contributed by atoms with van der Waals surface area (Å²) in [6, 6.07) is 7.85. The molecule has 16 heavy (non-hydrogen) atoms. The van der Waals surface area contributed by atoms with Crippen LogP contribution in [0.15, 0.2) is 36.5 Å². The van der Waals surface area contributed by atoms with E-state index in [1.807, 2.05) is 0 Å². The minimum absolute atomic E-state index is 0.0829. The standard InChI is InChI=1S/C11H9ClFN3/c12-8-4-3-7(6-9(8)13)16-11-10(14)2-1-5-15-11/h1-6H,14H2,(H,15,16). The summed E-state index contributed by atoms with van der Waals surface area (Å²) in [6.45, 7) is 0. The highest BCUT2D eigenvalue weighted by molar-refractivity contribution is 6.30. The molecule has 5 heteroatoms. The molecule has 3 nitrogen and oxygen atoms in total. The average Bonchev–Trinajstić information content (AvgIpc) is 2.27. The predicted molar refractivity (Wildman–Crippen MR) is 63.3 cm³/mol. The molecule has 0 spiro atoms. The highest BCUT2D eigenvalue weighted by Gasteiger charge is 2.03. The van der Waals surface area contributed by atoms with Gasteiger partial charge in [0.05, 0.1) is 10.7 Å². The van der Waals surface area contributed by atoms with Gasteiger partial charge in [-0.25, -0.2) is 9.37 Å². The van der Waals surface area contributed by atoms with Crippen LogP contribution in [0.5, 0.6) is 0 Å². The zero-order valence-electron chi connectivity index (χ0n) is 8.24. The minimum Gasteiger partial charge on any atom is -0.396 e. The number of hydrogen-bond donors (Lipinski definition) is 2. The van der Waals surface area contributed by atoms with E-state index >= 15 is 0 Å². The number of halogens is 2. The second-order valence-electron chi connectivity index (χ2n) is 3.20. The van der Waals surface area contributed by atoms with E-state index in [-0.39, 0.29) is 5.02 Å². The van der Waals surface area contributed by atoms with E-state index in [0.29, 0.717) is 17.2 Å². The summed E-state index contributed by atoms with van der Waals surface area (Å²) in [5, 5.41) is 2.99. The fraction of sp³-hybridized carbons (Fsp3) is 0. The van der Waals surface area contributed by atoms with Gasteiger partial charge in [-0.2, -0.15) is 0 Å². The number of nitrogens with two attached hydrogens (primary N) is 1. The molecule has 0 unspecified atom stereocenters. The Morgan fingerprint density at radius 2 is 2.12 bits per heavy atom. The van der Waals surface area contributed by atoms with E-state index in [9.17, 15) is 4.39 Å². The molecular formula is C11H9ClFN3. The van der Waals surface area contributed by atoms with Crippen molar-refractivity contribution in [1.82, 2.24) is 4.98 Å². The summed E-state index contributed by atoms with van der Waals surface area (Å²) < 4.78 is 13.2. The fourth-order valence-corrected chi connectivity index (χ4v) is 1.35. The molecule has 0 aliphatic rings. The lowest BCUT2D eigenvalue weighted by atomic mass is 10.3. The first-order valence-corrected chi connectivity index (χ1v) is 4.97. The van der Waals surface area contributed by atoms with Gasteiger partial charge in [0.2, 0.25) is 0 Å². The first kappa shape index (κ1) is 10.7. The molecule has 2 aromatic rings. The number of rotatable bonds is 2. The van der Waals surface area contributed by atoms with Gasteiger partial charge < -0.3 is 11.1 Å². The first-order valence-electron chi connectivity index (χ1n) is 4.59. The first-order chi connectivity index (χ1) is 7.66. The zero-order valence-corrected chi connectivity index (χ0v) is 9.00. The highest BCUT2D eigenvalue weighted by Crippen LogP contribution is 2.23. The molecule has 0 atom stereocenters. The van der Waals surface area contributed by atoms with E-state index in [4.69, 9.17) is 17.3 Å². The topological polar surface area (TPSA) is 50.9 Å². The van der Waals surface area contributed by atoms with Crippen molar-refractivity contribution in [2.24, 2.45) is 0 Å². The van der Waals surface area contributed by atoms with Crippen LogP contribution >= 0.6 is 11.6 Å². The SMILES string of the molecule is Nc1cccnc1Nc1ccc(Cl)c(F)c1. The Kier molecular flexibility index (Phi) is 2.92. The summed E-state index contributed by atoms with van der Waals surface area (Å²) in [5.41, 5.74) is 6.74. The third-order valence-electron chi connectivity index (χ3n) is 2.02. The Balaban J connectivity index is 2.28. The molecule has 1 heterocycles. The van der Waals surface area contributed by atoms with Crippen LogP contribution in [0.4, 0.5) is 21.6 Å². The summed E-state index contributed by atoms with van der Waals surface area (Å²) >= 11 is 5.57. The molecule has 0 fully saturated rings. The number of nitrogen functional groups attached to an aromatic ring is 1. The van der Waals surface area contributed by atoms with E-state index in [0.717, 1.165) is 0 Å². The normalized spacial score (nSPS) is 10.1. The predicted octanol–water partition coefficient (Wildman–Crippen LogP) is 3.20. The highest BCUT2D eigenvalue weighted by atomic mass is 35.5. The average molecular weight is 238 g/mol. The zero-order chi connectivity index (χ0) is 11.5. The van der Waals surface area contributed by atoms with Crippen LogP contribution in [-0.4, -0.2) is 4.98 Å². The lowest BCUT2D eigenvalue weighted by molar-refractivity contribution is 0.629. The third-order valence-corrected chi connectivity index (χ3v) is 2.33. The maximum atomic E-state index is 13.2. The molecule has 0 saturated heterocycles. The summed E-state index contributed by atoms with van der Waals surface area (Å²) in [6.07, 6.45) is 1.60. The Morgan fingerprint density at radius 3 is 2.81 bits per heavy atom. The van der Waals surface area contributed by atoms with Gasteiger partial charge in [-0.15, -0.1) is 0 Å². The van der Waals surface area contributed by atoms with Crippen molar-refractivity contribution in [3.63, 3.8) is 0 Å². The molecule has 0 radical (unpaired) electrons. The molecular weight excluding hydrogens is 229 g/mol. The number of benzene rings is 1. The van der Waals surface area contributed by atoms with Crippen LogP contribution in [0.3, 0.4) is 0 Å². The Bertz CT molecular complexity index is 516. The van der Waals surface area contributed by atoms with Crippen LogP contribution < -0.4 is 11.1 Å². The third kappa shape index (κ3) is 2.23. The molecule has 0 saturated carbocycles. The number of anilines is 3. The van der Waals surface area contributed by atoms with Gasteiger partial charge >= 0.3 is 0 Å². The van der Waals surface area contributed by atoms with E-state index < -0.39 is 5.82 Å². The number of nitrogens with zero attached hydrogens (tertiary/aromatic N) is 1. The smallest absolute Gasteiger partial charge is 0.153 e. The molecule has 0 aliphatic carbocycles. The number of hydrogen-bond acceptors (Lipinski definition) is 3. The van der Waals surface area contributed by atoms with Crippen LogP contribution in [-0.2, 0) is 0 Å². The maximum absolute atomic E-state index is 13.2. The van der Waals surface area contributed by atoms with E-state index in [1.165, 1.54) is 12.1 Å². The molecule has 3 N–H and O–H groups in total. The summed E-state index contributed by atoms with van der Waals surface area (Å²) in [7, 11) is 0. The monoisotopic (exact) mass is 237 g/mol. The van der Waals surface area contributed by atoms with Crippen LogP contribution in [0.2, 0.25) is 5.02 Å². The largest absolute Gasteiger partial charge is 0.396 e. The van der Waals surface area contributed by atoms with Crippen LogP contribution in [0.1, 0.15) is 0 Å². The Labute approximate surface area is 97.1 Å². The van der Waals surface area contributed by atoms with E-state index in [2.05, 4.69) is 10.3 Å². The Morgan fingerprint density at radius 1 is 1.31 bits per heavy atom. The lowest BCUT2D eigenvalue weighted by Crippen LogP contribution is -1.98. The second-order valence-corrected chi connectivity index (χ2v) is 3.60. The number of nitrogens with one attached hydrogen (secondary N) is 1. The summed E-state index contributed by atoms with van der Waals surface area (Å²) in [4.78, 5) is 4.03. The quantitative estimate of drug-likeness (QED) is 0.843. The molecule has 82 valence electrons. The number of aromatic nitrogens is 1. The van der Waals surface area contributed by atoms with Crippen molar-refractivity contribution >= 4 is 28.8 Å². The molecule has 1 aromatic carbocycles. The van der Waals surface area contributed by atoms with Crippen molar-refractivity contribution in [3.8, 4) is 0 Å². The molecule has 2 rings (SSSR count). The number of pyridine rings is 1. The van der Waals surface area contributed by atoms with E-state index in [1.54, 1.807) is 24.4 Å². The van der Waals surface area contributed by atoms with Crippen molar-refractivity contribution in [2.45, 2.75) is 0 Å². The van der Waals surface area contributed by atoms with Crippen LogP contribution in [0, 0.1) is 5.82 Å². The van der Waals surface area contributed by atoms with Gasteiger partial charge in [0.25, 0.3) is 0 Å². The van der Waals surface area contributed by atoms with Gasteiger partial charge in [-0.1, -0.05) is 11.6 Å². The minimum atomic E-state index is -0.485. The fourth-order valence-electron chi connectivity index (χ4n) is 1.23. The molecule has 0 aliphatic heterocycles. The molecule has 1 aromatic heterocycles. The van der Waals surface area contributed by atoms with Gasteiger partial charge in [-0.3, -0.25) is 0 Å². The Hall–Kier alpha value is -1.81. The lowest BCUT2D eigenvalue weighted by Gasteiger charge is -2.07. The summed E-state index contributed by atoms with van der Waals surface area (Å²) in [5.74, 6) is 0.00499. The van der Waals surface area contributed by atoms with Crippen molar-refractivity contribution in [1.29, 1.82) is 0 Å².